The lowest BCUT2D eigenvalue weighted by atomic mass is 10.2. The smallest absolute Gasteiger partial charge is 0.200 e. The molecule has 1 aliphatic rings. The largest absolute Gasteiger partial charge is 0.411 e. The fraction of sp³-hybridized carbons (Fsp3) is 0.304. The van der Waals surface area contributed by atoms with Crippen molar-refractivity contribution in [3.63, 3.8) is 0 Å². The lowest BCUT2D eigenvalue weighted by Crippen LogP contribution is -2.31. The molecule has 0 saturated carbocycles. The molecule has 1 saturated heterocycles. The van der Waals surface area contributed by atoms with Crippen LogP contribution in [0.1, 0.15) is 18.9 Å². The van der Waals surface area contributed by atoms with Crippen LogP contribution in [0.15, 0.2) is 64.0 Å². The van der Waals surface area contributed by atoms with Crippen molar-refractivity contribution >= 4 is 39.7 Å². The van der Waals surface area contributed by atoms with Crippen molar-refractivity contribution in [3.05, 3.63) is 54.4 Å². The van der Waals surface area contributed by atoms with Crippen LogP contribution < -0.4 is 4.90 Å². The van der Waals surface area contributed by atoms with E-state index in [1.54, 1.807) is 18.7 Å². The zero-order chi connectivity index (χ0) is 22.2. The van der Waals surface area contributed by atoms with Gasteiger partial charge in [0.2, 0.25) is 0 Å². The molecule has 1 fully saturated rings. The second kappa shape index (κ2) is 8.40. The lowest BCUT2D eigenvalue weighted by molar-refractivity contribution is 0.315. The molecular formula is C23H25N7OS. The quantitative estimate of drug-likeness (QED) is 0.283. The van der Waals surface area contributed by atoms with Crippen LogP contribution >= 0.6 is 11.8 Å². The molecule has 0 unspecified atom stereocenters. The van der Waals surface area contributed by atoms with Crippen molar-refractivity contribution in [1.29, 1.82) is 0 Å². The second-order valence-electron chi connectivity index (χ2n) is 8.32. The maximum atomic E-state index is 9.09. The first kappa shape index (κ1) is 20.7. The minimum Gasteiger partial charge on any atom is -0.411 e. The van der Waals surface area contributed by atoms with Crippen LogP contribution in [0.2, 0.25) is 0 Å². The number of hydrogen-bond donors (Lipinski definition) is 1. The van der Waals surface area contributed by atoms with Gasteiger partial charge in [0.05, 0.1) is 23.1 Å². The minimum absolute atomic E-state index is 0.541. The Balaban J connectivity index is 1.44. The standard InChI is InChI=1S/C23H25N7OS/c1-15(27-31)16-4-7-22-25-26-23(30(22)13-16)32-20-5-6-21-17(11-20)10-19(12-24-21)29-9-8-18(14-29)28(2)3/h4-7,10-13,18,31H,8-9,14H2,1-3H3/t18-/m0/s1. The molecule has 9 heteroatoms. The van der Waals surface area contributed by atoms with Gasteiger partial charge in [0, 0.05) is 41.2 Å². The first-order valence-electron chi connectivity index (χ1n) is 10.5. The van der Waals surface area contributed by atoms with E-state index in [0.717, 1.165) is 45.3 Å². The molecule has 8 nitrogen and oxygen atoms in total. The average molecular weight is 448 g/mol. The zero-order valence-electron chi connectivity index (χ0n) is 18.3. The van der Waals surface area contributed by atoms with E-state index < -0.39 is 0 Å². The van der Waals surface area contributed by atoms with Gasteiger partial charge in [-0.1, -0.05) is 5.16 Å². The van der Waals surface area contributed by atoms with Crippen LogP contribution in [0, 0.1) is 0 Å². The van der Waals surface area contributed by atoms with Crippen LogP contribution in [0.3, 0.4) is 0 Å². The topological polar surface area (TPSA) is 82.1 Å². The third-order valence-electron chi connectivity index (χ3n) is 6.05. The highest BCUT2D eigenvalue weighted by atomic mass is 32.2. The molecule has 0 bridgehead atoms. The third-order valence-corrected chi connectivity index (χ3v) is 7.00. The van der Waals surface area contributed by atoms with Crippen LogP contribution in [0.25, 0.3) is 16.6 Å². The van der Waals surface area contributed by atoms with E-state index >= 15 is 0 Å². The van der Waals surface area contributed by atoms with Crippen molar-refractivity contribution < 1.29 is 5.21 Å². The van der Waals surface area contributed by atoms with Crippen LogP contribution in [0.5, 0.6) is 0 Å². The summed E-state index contributed by atoms with van der Waals surface area (Å²) in [5.41, 5.74) is 4.25. The molecule has 32 heavy (non-hydrogen) atoms. The summed E-state index contributed by atoms with van der Waals surface area (Å²) in [7, 11) is 4.29. The van der Waals surface area contributed by atoms with Gasteiger partial charge in [-0.2, -0.15) is 0 Å². The number of hydrogen-bond acceptors (Lipinski definition) is 8. The number of benzene rings is 1. The Morgan fingerprint density at radius 1 is 1.19 bits per heavy atom. The Morgan fingerprint density at radius 2 is 2.06 bits per heavy atom. The predicted molar refractivity (Wildman–Crippen MR) is 127 cm³/mol. The molecule has 0 spiro atoms. The van der Waals surface area contributed by atoms with Crippen molar-refractivity contribution in [2.75, 3.05) is 32.1 Å². The van der Waals surface area contributed by atoms with E-state index in [0.29, 0.717) is 11.8 Å². The van der Waals surface area contributed by atoms with Gasteiger partial charge in [0.25, 0.3) is 0 Å². The molecule has 0 amide bonds. The van der Waals surface area contributed by atoms with Gasteiger partial charge in [0.1, 0.15) is 0 Å². The SMILES string of the molecule is CC(=NO)c1ccc2nnc(Sc3ccc4ncc(N5CC[C@H](N(C)C)C5)cc4c3)n2c1. The summed E-state index contributed by atoms with van der Waals surface area (Å²) in [4.78, 5) is 10.5. The van der Waals surface area contributed by atoms with Gasteiger partial charge in [-0.3, -0.25) is 9.38 Å². The number of aromatic nitrogens is 4. The molecule has 4 heterocycles. The highest BCUT2D eigenvalue weighted by Gasteiger charge is 2.24. The summed E-state index contributed by atoms with van der Waals surface area (Å²) < 4.78 is 1.92. The average Bonchev–Trinajstić information content (AvgIpc) is 3.46. The summed E-state index contributed by atoms with van der Waals surface area (Å²) in [5.74, 6) is 0. The van der Waals surface area contributed by atoms with Crippen molar-refractivity contribution in [2.24, 2.45) is 5.16 Å². The summed E-state index contributed by atoms with van der Waals surface area (Å²) in [5, 5.41) is 22.9. The molecule has 164 valence electrons. The molecule has 0 aliphatic carbocycles. The summed E-state index contributed by atoms with van der Waals surface area (Å²) >= 11 is 1.55. The fourth-order valence-electron chi connectivity index (χ4n) is 4.05. The molecule has 5 rings (SSSR count). The number of likely N-dealkylation sites (N-methyl/N-ethyl adjacent to an activating group) is 1. The van der Waals surface area contributed by atoms with Gasteiger partial charge in [-0.25, -0.2) is 0 Å². The van der Waals surface area contributed by atoms with E-state index in [-0.39, 0.29) is 0 Å². The van der Waals surface area contributed by atoms with E-state index in [1.165, 1.54) is 12.1 Å². The van der Waals surface area contributed by atoms with Crippen molar-refractivity contribution in [1.82, 2.24) is 24.5 Å². The zero-order valence-corrected chi connectivity index (χ0v) is 19.1. The molecule has 0 radical (unpaired) electrons. The first-order chi connectivity index (χ1) is 15.5. The maximum absolute atomic E-state index is 9.09. The first-order valence-corrected chi connectivity index (χ1v) is 11.4. The monoisotopic (exact) mass is 447 g/mol. The number of nitrogens with zero attached hydrogens (tertiary/aromatic N) is 7. The van der Waals surface area contributed by atoms with Crippen molar-refractivity contribution in [3.8, 4) is 0 Å². The van der Waals surface area contributed by atoms with Crippen LogP contribution in [-0.4, -0.2) is 68.6 Å². The Bertz CT molecular complexity index is 1320. The molecule has 4 aromatic rings. The number of pyridine rings is 2. The van der Waals surface area contributed by atoms with E-state index in [2.05, 4.69) is 62.4 Å². The fourth-order valence-corrected chi connectivity index (χ4v) is 4.91. The van der Waals surface area contributed by atoms with E-state index in [1.807, 2.05) is 35.0 Å². The van der Waals surface area contributed by atoms with Gasteiger partial charge in [-0.05, 0) is 75.6 Å². The maximum Gasteiger partial charge on any atom is 0.200 e. The molecule has 1 aliphatic heterocycles. The second-order valence-corrected chi connectivity index (χ2v) is 9.36. The van der Waals surface area contributed by atoms with Gasteiger partial charge < -0.3 is 15.0 Å². The van der Waals surface area contributed by atoms with Gasteiger partial charge >= 0.3 is 0 Å². The Morgan fingerprint density at radius 3 is 2.84 bits per heavy atom. The van der Waals surface area contributed by atoms with E-state index in [4.69, 9.17) is 5.21 Å². The highest BCUT2D eigenvalue weighted by Crippen LogP contribution is 2.31. The Hall–Kier alpha value is -3.17. The molecular weight excluding hydrogens is 422 g/mol. The molecule has 1 N–H and O–H groups in total. The minimum atomic E-state index is 0.541. The van der Waals surface area contributed by atoms with Gasteiger partial charge in [-0.15, -0.1) is 10.2 Å². The number of fused-ring (bicyclic) bond motifs is 2. The number of oxime groups is 1. The molecule has 1 atom stereocenters. The van der Waals surface area contributed by atoms with Crippen molar-refractivity contribution in [2.45, 2.75) is 29.4 Å². The predicted octanol–water partition coefficient (Wildman–Crippen LogP) is 3.77. The lowest BCUT2D eigenvalue weighted by Gasteiger charge is -2.21. The third kappa shape index (κ3) is 3.89. The Labute approximate surface area is 190 Å². The van der Waals surface area contributed by atoms with Gasteiger partial charge in [0.15, 0.2) is 10.8 Å². The highest BCUT2D eigenvalue weighted by molar-refractivity contribution is 7.99. The summed E-state index contributed by atoms with van der Waals surface area (Å²) in [6.45, 7) is 3.84. The summed E-state index contributed by atoms with van der Waals surface area (Å²) in [6, 6.07) is 12.8. The Kier molecular flexibility index (Phi) is 5.44. The number of rotatable bonds is 5. The molecule has 3 aromatic heterocycles. The number of anilines is 1. The molecule has 1 aromatic carbocycles. The normalized spacial score (nSPS) is 17.2. The van der Waals surface area contributed by atoms with E-state index in [9.17, 15) is 0 Å². The summed E-state index contributed by atoms with van der Waals surface area (Å²) in [6.07, 6.45) is 5.04. The van der Waals surface area contributed by atoms with Crippen LogP contribution in [0.4, 0.5) is 5.69 Å². The van der Waals surface area contributed by atoms with Crippen LogP contribution in [-0.2, 0) is 0 Å².